The number of phenolic OH excluding ortho intramolecular Hbond substituents is 1. The molecule has 26 heavy (non-hydrogen) atoms. The number of phenols is 1. The van der Waals surface area contributed by atoms with Gasteiger partial charge in [0.25, 0.3) is 11.8 Å². The SMILES string of the molecule is CN(C)[C@@H](Cc1cc(F)c(O)cc1F)CN1C(=O)c2ccccc2C1=O. The van der Waals surface area contributed by atoms with Crippen molar-refractivity contribution in [3.63, 3.8) is 0 Å². The van der Waals surface area contributed by atoms with E-state index in [1.54, 1.807) is 43.3 Å². The minimum atomic E-state index is -0.917. The van der Waals surface area contributed by atoms with Gasteiger partial charge in [-0.2, -0.15) is 0 Å². The second kappa shape index (κ2) is 6.84. The summed E-state index contributed by atoms with van der Waals surface area (Å²) in [6.45, 7) is 0.0429. The standard InChI is InChI=1S/C19H18F2N2O3/c1-22(2)12(7-11-8-16(21)17(24)9-15(11)20)10-23-18(25)13-5-3-4-6-14(13)19(23)26/h3-6,8-9,12,24H,7,10H2,1-2H3/t12-/m0/s1. The summed E-state index contributed by atoms with van der Waals surface area (Å²) >= 11 is 0. The van der Waals surface area contributed by atoms with Gasteiger partial charge in [0.2, 0.25) is 0 Å². The van der Waals surface area contributed by atoms with Gasteiger partial charge in [-0.25, -0.2) is 8.78 Å². The van der Waals surface area contributed by atoms with E-state index in [0.29, 0.717) is 11.1 Å². The summed E-state index contributed by atoms with van der Waals surface area (Å²) in [5.74, 6) is -3.20. The summed E-state index contributed by atoms with van der Waals surface area (Å²) in [5, 5.41) is 9.24. The second-order valence-electron chi connectivity index (χ2n) is 6.48. The van der Waals surface area contributed by atoms with Gasteiger partial charge >= 0.3 is 0 Å². The average Bonchev–Trinajstić information content (AvgIpc) is 2.84. The van der Waals surface area contributed by atoms with Crippen molar-refractivity contribution in [3.05, 3.63) is 64.7 Å². The number of likely N-dealkylation sites (N-methyl/N-ethyl adjacent to an activating group) is 1. The van der Waals surface area contributed by atoms with Crippen molar-refractivity contribution in [1.82, 2.24) is 9.80 Å². The fraction of sp³-hybridized carbons (Fsp3) is 0.263. The summed E-state index contributed by atoms with van der Waals surface area (Å²) in [7, 11) is 3.47. The van der Waals surface area contributed by atoms with Crippen LogP contribution in [-0.2, 0) is 6.42 Å². The molecule has 0 aromatic heterocycles. The quantitative estimate of drug-likeness (QED) is 0.832. The minimum Gasteiger partial charge on any atom is -0.505 e. The maximum atomic E-state index is 14.0. The monoisotopic (exact) mass is 360 g/mol. The van der Waals surface area contributed by atoms with Gasteiger partial charge in [0.15, 0.2) is 11.6 Å². The summed E-state index contributed by atoms with van der Waals surface area (Å²) in [6.07, 6.45) is 0.0729. The molecule has 0 fully saturated rings. The molecule has 2 aromatic carbocycles. The molecule has 1 N–H and O–H groups in total. The van der Waals surface area contributed by atoms with Crippen LogP contribution in [0.2, 0.25) is 0 Å². The van der Waals surface area contributed by atoms with Gasteiger partial charge in [-0.05, 0) is 44.3 Å². The van der Waals surface area contributed by atoms with E-state index in [0.717, 1.165) is 17.0 Å². The van der Waals surface area contributed by atoms with E-state index in [4.69, 9.17) is 0 Å². The molecule has 0 aliphatic carbocycles. The van der Waals surface area contributed by atoms with Gasteiger partial charge < -0.3 is 10.0 Å². The van der Waals surface area contributed by atoms with E-state index >= 15 is 0 Å². The summed E-state index contributed by atoms with van der Waals surface area (Å²) in [6, 6.07) is 7.79. The van der Waals surface area contributed by atoms with Gasteiger partial charge in [-0.15, -0.1) is 0 Å². The molecule has 0 saturated heterocycles. The van der Waals surface area contributed by atoms with Crippen molar-refractivity contribution in [3.8, 4) is 5.75 Å². The number of carbonyl (C=O) groups excluding carboxylic acids is 2. The van der Waals surface area contributed by atoms with E-state index in [2.05, 4.69) is 0 Å². The number of hydrogen-bond acceptors (Lipinski definition) is 4. The largest absolute Gasteiger partial charge is 0.505 e. The summed E-state index contributed by atoms with van der Waals surface area (Å²) in [5.41, 5.74) is 0.754. The minimum absolute atomic E-state index is 0.0429. The van der Waals surface area contributed by atoms with Gasteiger partial charge in [0.1, 0.15) is 5.82 Å². The lowest BCUT2D eigenvalue weighted by Crippen LogP contribution is -2.44. The number of nitrogens with zero attached hydrogens (tertiary/aromatic N) is 2. The van der Waals surface area contributed by atoms with Crippen LogP contribution in [0.1, 0.15) is 26.3 Å². The van der Waals surface area contributed by atoms with Crippen LogP contribution in [0.3, 0.4) is 0 Å². The lowest BCUT2D eigenvalue weighted by Gasteiger charge is -2.28. The molecule has 1 aliphatic rings. The first-order valence-electron chi connectivity index (χ1n) is 8.08. The average molecular weight is 360 g/mol. The Bertz CT molecular complexity index is 848. The van der Waals surface area contributed by atoms with Crippen LogP contribution < -0.4 is 0 Å². The zero-order valence-corrected chi connectivity index (χ0v) is 14.4. The topological polar surface area (TPSA) is 60.9 Å². The van der Waals surface area contributed by atoms with Crippen molar-refractivity contribution in [2.24, 2.45) is 0 Å². The number of imide groups is 1. The molecule has 0 radical (unpaired) electrons. The van der Waals surface area contributed by atoms with Crippen molar-refractivity contribution in [2.75, 3.05) is 20.6 Å². The molecule has 0 unspecified atom stereocenters. The Balaban J connectivity index is 1.84. The Labute approximate surface area is 149 Å². The van der Waals surface area contributed by atoms with Crippen LogP contribution in [0, 0.1) is 11.6 Å². The third-order valence-corrected chi connectivity index (χ3v) is 4.57. The Hall–Kier alpha value is -2.80. The van der Waals surface area contributed by atoms with E-state index < -0.39 is 35.2 Å². The number of amides is 2. The smallest absolute Gasteiger partial charge is 0.261 e. The molecule has 7 heteroatoms. The molecule has 0 spiro atoms. The Morgan fingerprint density at radius 3 is 2.15 bits per heavy atom. The van der Waals surface area contributed by atoms with E-state index in [-0.39, 0.29) is 18.5 Å². The number of fused-ring (bicyclic) bond motifs is 1. The first-order valence-corrected chi connectivity index (χ1v) is 8.08. The molecular formula is C19H18F2N2O3. The molecule has 136 valence electrons. The molecule has 2 aromatic rings. The number of aromatic hydroxyl groups is 1. The van der Waals surface area contributed by atoms with Gasteiger partial charge in [0, 0.05) is 18.7 Å². The fourth-order valence-corrected chi connectivity index (χ4v) is 3.01. The van der Waals surface area contributed by atoms with Crippen LogP contribution in [-0.4, -0.2) is 53.4 Å². The number of halogens is 2. The van der Waals surface area contributed by atoms with Gasteiger partial charge in [-0.1, -0.05) is 12.1 Å². The van der Waals surface area contributed by atoms with Crippen LogP contribution in [0.15, 0.2) is 36.4 Å². The highest BCUT2D eigenvalue weighted by molar-refractivity contribution is 6.21. The Morgan fingerprint density at radius 2 is 1.62 bits per heavy atom. The van der Waals surface area contributed by atoms with E-state index in [1.165, 1.54) is 0 Å². The number of hydrogen-bond donors (Lipinski definition) is 1. The van der Waals surface area contributed by atoms with Crippen molar-refractivity contribution >= 4 is 11.8 Å². The normalized spacial score (nSPS) is 14.9. The van der Waals surface area contributed by atoms with E-state index in [1.807, 2.05) is 0 Å². The van der Waals surface area contributed by atoms with Gasteiger partial charge in [-0.3, -0.25) is 14.5 Å². The molecule has 2 amide bonds. The third-order valence-electron chi connectivity index (χ3n) is 4.57. The molecule has 5 nitrogen and oxygen atoms in total. The highest BCUT2D eigenvalue weighted by atomic mass is 19.1. The second-order valence-corrected chi connectivity index (χ2v) is 6.48. The zero-order chi connectivity index (χ0) is 19.0. The maximum Gasteiger partial charge on any atom is 0.261 e. The summed E-state index contributed by atoms with van der Waals surface area (Å²) in [4.78, 5) is 27.9. The number of benzene rings is 2. The molecular weight excluding hydrogens is 342 g/mol. The van der Waals surface area contributed by atoms with Crippen molar-refractivity contribution < 1.29 is 23.5 Å². The van der Waals surface area contributed by atoms with Gasteiger partial charge in [0.05, 0.1) is 11.1 Å². The Morgan fingerprint density at radius 1 is 1.04 bits per heavy atom. The van der Waals surface area contributed by atoms with Crippen LogP contribution >= 0.6 is 0 Å². The lowest BCUT2D eigenvalue weighted by molar-refractivity contribution is 0.0611. The van der Waals surface area contributed by atoms with Crippen LogP contribution in [0.25, 0.3) is 0 Å². The first-order chi connectivity index (χ1) is 12.3. The Kier molecular flexibility index (Phi) is 4.73. The number of carbonyl (C=O) groups is 2. The molecule has 0 saturated carbocycles. The highest BCUT2D eigenvalue weighted by Crippen LogP contribution is 2.25. The highest BCUT2D eigenvalue weighted by Gasteiger charge is 2.36. The molecule has 3 rings (SSSR count). The van der Waals surface area contributed by atoms with Crippen LogP contribution in [0.5, 0.6) is 5.75 Å². The van der Waals surface area contributed by atoms with Crippen LogP contribution in [0.4, 0.5) is 8.78 Å². The maximum absolute atomic E-state index is 14.0. The molecule has 0 bridgehead atoms. The van der Waals surface area contributed by atoms with Crippen molar-refractivity contribution in [2.45, 2.75) is 12.5 Å². The summed E-state index contributed by atoms with van der Waals surface area (Å²) < 4.78 is 27.6. The zero-order valence-electron chi connectivity index (χ0n) is 14.4. The molecule has 1 atom stereocenters. The molecule has 1 aliphatic heterocycles. The molecule has 1 heterocycles. The lowest BCUT2D eigenvalue weighted by atomic mass is 10.0. The fourth-order valence-electron chi connectivity index (χ4n) is 3.01. The third kappa shape index (κ3) is 3.17. The van der Waals surface area contributed by atoms with Crippen molar-refractivity contribution in [1.29, 1.82) is 0 Å². The predicted molar refractivity (Wildman–Crippen MR) is 91.0 cm³/mol. The van der Waals surface area contributed by atoms with E-state index in [9.17, 15) is 23.5 Å². The number of rotatable bonds is 5. The predicted octanol–water partition coefficient (Wildman–Crippen LogP) is 2.44. The first kappa shape index (κ1) is 18.0.